The summed E-state index contributed by atoms with van der Waals surface area (Å²) in [6.07, 6.45) is 0.608. The fourth-order valence-electron chi connectivity index (χ4n) is 1.50. The molecule has 0 unspecified atom stereocenters. The molecule has 14 heavy (non-hydrogen) atoms. The molecule has 0 aliphatic carbocycles. The van der Waals surface area contributed by atoms with Gasteiger partial charge in [-0.2, -0.15) is 0 Å². The molecule has 0 saturated heterocycles. The van der Waals surface area contributed by atoms with E-state index in [4.69, 9.17) is 5.73 Å². The molecular weight excluding hydrogens is 179 g/mol. The Labute approximate surface area is 84.3 Å². The third-order valence-corrected chi connectivity index (χ3v) is 2.31. The molecule has 3 heteroatoms. The summed E-state index contributed by atoms with van der Waals surface area (Å²) in [6.45, 7) is 6.30. The summed E-state index contributed by atoms with van der Waals surface area (Å²) in [6, 6.07) is 1.57. The van der Waals surface area contributed by atoms with E-state index in [0.717, 1.165) is 11.3 Å². The van der Waals surface area contributed by atoms with Crippen LogP contribution in [0, 0.1) is 5.82 Å². The predicted molar refractivity (Wildman–Crippen MR) is 55.6 cm³/mol. The van der Waals surface area contributed by atoms with Crippen molar-refractivity contribution >= 4 is 0 Å². The highest BCUT2D eigenvalue weighted by atomic mass is 19.1. The number of rotatable bonds is 3. The van der Waals surface area contributed by atoms with Gasteiger partial charge in [-0.3, -0.25) is 4.98 Å². The van der Waals surface area contributed by atoms with E-state index in [0.29, 0.717) is 18.7 Å². The van der Waals surface area contributed by atoms with E-state index in [9.17, 15) is 4.39 Å². The maximum absolute atomic E-state index is 13.4. The smallest absolute Gasteiger partial charge is 0.144 e. The predicted octanol–water partition coefficient (Wildman–Crippen LogP) is 2.37. The van der Waals surface area contributed by atoms with Crippen molar-refractivity contribution in [2.24, 2.45) is 5.73 Å². The minimum Gasteiger partial charge on any atom is -0.325 e. The maximum Gasteiger partial charge on any atom is 0.144 e. The summed E-state index contributed by atoms with van der Waals surface area (Å²) in [5.41, 5.74) is 7.82. The first-order valence-electron chi connectivity index (χ1n) is 4.98. The van der Waals surface area contributed by atoms with Crippen molar-refractivity contribution in [3.05, 3.63) is 28.8 Å². The standard InChI is InChI=1S/C11H17FN2/c1-4-10-9(12)5-8(7(2)3)11(6-13)14-10/h5,7H,4,6,13H2,1-3H3. The molecule has 0 amide bonds. The molecule has 1 aromatic heterocycles. The first-order valence-corrected chi connectivity index (χ1v) is 4.98. The van der Waals surface area contributed by atoms with Crippen LogP contribution in [0.4, 0.5) is 4.39 Å². The SMILES string of the molecule is CCc1nc(CN)c(C(C)C)cc1F. The molecule has 1 aromatic rings. The van der Waals surface area contributed by atoms with Crippen molar-refractivity contribution in [2.45, 2.75) is 39.7 Å². The van der Waals surface area contributed by atoms with Crippen LogP contribution >= 0.6 is 0 Å². The van der Waals surface area contributed by atoms with Crippen molar-refractivity contribution < 1.29 is 4.39 Å². The van der Waals surface area contributed by atoms with Crippen LogP contribution in [0.1, 0.15) is 43.6 Å². The Morgan fingerprint density at radius 3 is 2.50 bits per heavy atom. The molecule has 0 atom stereocenters. The molecule has 78 valence electrons. The normalized spacial score (nSPS) is 11.0. The first kappa shape index (κ1) is 11.1. The van der Waals surface area contributed by atoms with Gasteiger partial charge in [0.25, 0.3) is 0 Å². The average molecular weight is 196 g/mol. The fourth-order valence-corrected chi connectivity index (χ4v) is 1.50. The lowest BCUT2D eigenvalue weighted by molar-refractivity contribution is 0.591. The van der Waals surface area contributed by atoms with Crippen molar-refractivity contribution in [1.29, 1.82) is 0 Å². The van der Waals surface area contributed by atoms with Crippen molar-refractivity contribution in [2.75, 3.05) is 0 Å². The van der Waals surface area contributed by atoms with Gasteiger partial charge in [0.2, 0.25) is 0 Å². The molecule has 0 aliphatic rings. The van der Waals surface area contributed by atoms with E-state index in [1.807, 2.05) is 20.8 Å². The highest BCUT2D eigenvalue weighted by molar-refractivity contribution is 5.27. The minimum atomic E-state index is -0.214. The van der Waals surface area contributed by atoms with Gasteiger partial charge in [-0.1, -0.05) is 20.8 Å². The third-order valence-electron chi connectivity index (χ3n) is 2.31. The van der Waals surface area contributed by atoms with Crippen LogP contribution < -0.4 is 5.73 Å². The second kappa shape index (κ2) is 4.51. The van der Waals surface area contributed by atoms with Gasteiger partial charge >= 0.3 is 0 Å². The van der Waals surface area contributed by atoms with Gasteiger partial charge in [0, 0.05) is 6.54 Å². The Morgan fingerprint density at radius 2 is 2.07 bits per heavy atom. The Balaban J connectivity index is 3.24. The van der Waals surface area contributed by atoms with Crippen LogP contribution in [0.3, 0.4) is 0 Å². The lowest BCUT2D eigenvalue weighted by atomic mass is 10.0. The zero-order chi connectivity index (χ0) is 10.7. The molecule has 0 aromatic carbocycles. The first-order chi connectivity index (χ1) is 6.60. The quantitative estimate of drug-likeness (QED) is 0.806. The van der Waals surface area contributed by atoms with Gasteiger partial charge in [0.05, 0.1) is 11.4 Å². The molecule has 0 radical (unpaired) electrons. The zero-order valence-electron chi connectivity index (χ0n) is 8.97. The average Bonchev–Trinajstić information content (AvgIpc) is 2.17. The molecule has 0 bridgehead atoms. The molecule has 1 rings (SSSR count). The molecule has 0 spiro atoms. The molecule has 1 heterocycles. The second-order valence-corrected chi connectivity index (χ2v) is 3.67. The maximum atomic E-state index is 13.4. The number of nitrogens with two attached hydrogens (primary N) is 1. The highest BCUT2D eigenvalue weighted by Crippen LogP contribution is 2.20. The number of hydrogen-bond acceptors (Lipinski definition) is 2. The number of nitrogens with zero attached hydrogens (tertiary/aromatic N) is 1. The summed E-state index contributed by atoms with van der Waals surface area (Å²) in [7, 11) is 0. The lowest BCUT2D eigenvalue weighted by Crippen LogP contribution is -2.09. The van der Waals surface area contributed by atoms with Gasteiger partial charge in [-0.15, -0.1) is 0 Å². The Bertz CT molecular complexity index is 321. The van der Waals surface area contributed by atoms with Gasteiger partial charge in [0.1, 0.15) is 5.82 Å². The molecular formula is C11H17FN2. The van der Waals surface area contributed by atoms with Crippen molar-refractivity contribution in [3.8, 4) is 0 Å². The number of pyridine rings is 1. The minimum absolute atomic E-state index is 0.214. The summed E-state index contributed by atoms with van der Waals surface area (Å²) in [5.74, 6) is 0.0508. The Morgan fingerprint density at radius 1 is 1.43 bits per heavy atom. The number of aryl methyl sites for hydroxylation is 1. The van der Waals surface area contributed by atoms with E-state index >= 15 is 0 Å². The van der Waals surface area contributed by atoms with Crippen molar-refractivity contribution in [3.63, 3.8) is 0 Å². The van der Waals surface area contributed by atoms with Crippen LogP contribution in [0.2, 0.25) is 0 Å². The number of aromatic nitrogens is 1. The lowest BCUT2D eigenvalue weighted by Gasteiger charge is -2.12. The highest BCUT2D eigenvalue weighted by Gasteiger charge is 2.11. The molecule has 2 nitrogen and oxygen atoms in total. The molecule has 2 N–H and O–H groups in total. The number of hydrogen-bond donors (Lipinski definition) is 1. The summed E-state index contributed by atoms with van der Waals surface area (Å²) >= 11 is 0. The van der Waals surface area contributed by atoms with E-state index in [2.05, 4.69) is 4.98 Å². The third kappa shape index (κ3) is 2.10. The van der Waals surface area contributed by atoms with E-state index in [1.165, 1.54) is 0 Å². The largest absolute Gasteiger partial charge is 0.325 e. The summed E-state index contributed by atoms with van der Waals surface area (Å²) in [5, 5.41) is 0. The monoisotopic (exact) mass is 196 g/mol. The van der Waals surface area contributed by atoms with Crippen LogP contribution in [0.25, 0.3) is 0 Å². The van der Waals surface area contributed by atoms with Crippen LogP contribution in [0.5, 0.6) is 0 Å². The molecule has 0 saturated carbocycles. The topological polar surface area (TPSA) is 38.9 Å². The van der Waals surface area contributed by atoms with Crippen LogP contribution in [-0.2, 0) is 13.0 Å². The van der Waals surface area contributed by atoms with Crippen LogP contribution in [-0.4, -0.2) is 4.98 Å². The number of halogens is 1. The Kier molecular flexibility index (Phi) is 3.58. The molecule has 0 fully saturated rings. The van der Waals surface area contributed by atoms with Crippen molar-refractivity contribution in [1.82, 2.24) is 4.98 Å². The van der Waals surface area contributed by atoms with Gasteiger partial charge in [-0.05, 0) is 24.0 Å². The zero-order valence-corrected chi connectivity index (χ0v) is 8.97. The molecule has 0 aliphatic heterocycles. The van der Waals surface area contributed by atoms with E-state index in [-0.39, 0.29) is 11.7 Å². The van der Waals surface area contributed by atoms with E-state index in [1.54, 1.807) is 6.07 Å². The van der Waals surface area contributed by atoms with E-state index < -0.39 is 0 Å². The fraction of sp³-hybridized carbons (Fsp3) is 0.545. The van der Waals surface area contributed by atoms with Gasteiger partial charge < -0.3 is 5.73 Å². The Hall–Kier alpha value is -0.960. The second-order valence-electron chi connectivity index (χ2n) is 3.67. The van der Waals surface area contributed by atoms with Gasteiger partial charge in [0.15, 0.2) is 0 Å². The summed E-state index contributed by atoms with van der Waals surface area (Å²) < 4.78 is 13.4. The summed E-state index contributed by atoms with van der Waals surface area (Å²) in [4.78, 5) is 4.23. The van der Waals surface area contributed by atoms with Gasteiger partial charge in [-0.25, -0.2) is 4.39 Å². The van der Waals surface area contributed by atoms with Crippen LogP contribution in [0.15, 0.2) is 6.07 Å².